The van der Waals surface area contributed by atoms with E-state index in [0.717, 1.165) is 4.57 Å². The molecular formula is C8H11N3O3. The maximum atomic E-state index is 11.4. The Kier molecular flexibility index (Phi) is 2.55. The summed E-state index contributed by atoms with van der Waals surface area (Å²) in [5.74, 6) is -0.126. The predicted octanol–water partition coefficient (Wildman–Crippen LogP) is -0.958. The maximum absolute atomic E-state index is 11.4. The zero-order chi connectivity index (χ0) is 10.9. The number of anilines is 1. The highest BCUT2D eigenvalue weighted by Gasteiger charge is 2.05. The molecule has 14 heavy (non-hydrogen) atoms. The van der Waals surface area contributed by atoms with Gasteiger partial charge in [0.1, 0.15) is 5.82 Å². The van der Waals surface area contributed by atoms with E-state index in [9.17, 15) is 14.4 Å². The molecule has 0 fully saturated rings. The summed E-state index contributed by atoms with van der Waals surface area (Å²) in [7, 11) is 2.86. The number of nitrogens with one attached hydrogen (secondary N) is 1. The van der Waals surface area contributed by atoms with E-state index in [4.69, 9.17) is 0 Å². The Balaban J connectivity index is 3.41. The number of carbonyl (C=O) groups excluding carboxylic acids is 1. The molecule has 0 aliphatic carbocycles. The molecule has 0 atom stereocenters. The first-order valence-electron chi connectivity index (χ1n) is 3.98. The van der Waals surface area contributed by atoms with Crippen LogP contribution in [0.2, 0.25) is 0 Å². The Morgan fingerprint density at radius 1 is 1.29 bits per heavy atom. The highest BCUT2D eigenvalue weighted by Crippen LogP contribution is 1.96. The van der Waals surface area contributed by atoms with Gasteiger partial charge in [0.05, 0.1) is 0 Å². The quantitative estimate of drug-likeness (QED) is 0.630. The zero-order valence-corrected chi connectivity index (χ0v) is 8.20. The molecule has 0 bridgehead atoms. The van der Waals surface area contributed by atoms with Gasteiger partial charge in [0, 0.05) is 27.1 Å². The van der Waals surface area contributed by atoms with Gasteiger partial charge >= 0.3 is 5.69 Å². The second-order valence-electron chi connectivity index (χ2n) is 2.95. The average molecular weight is 197 g/mol. The molecule has 1 amide bonds. The van der Waals surface area contributed by atoms with E-state index in [2.05, 4.69) is 5.32 Å². The van der Waals surface area contributed by atoms with Crippen molar-refractivity contribution in [3.63, 3.8) is 0 Å². The number of nitrogens with zero attached hydrogens (tertiary/aromatic N) is 2. The molecule has 6 nitrogen and oxygen atoms in total. The van der Waals surface area contributed by atoms with Crippen LogP contribution in [-0.4, -0.2) is 15.0 Å². The van der Waals surface area contributed by atoms with Crippen molar-refractivity contribution in [1.29, 1.82) is 0 Å². The van der Waals surface area contributed by atoms with Crippen molar-refractivity contribution in [2.75, 3.05) is 5.32 Å². The third-order valence-corrected chi connectivity index (χ3v) is 1.83. The summed E-state index contributed by atoms with van der Waals surface area (Å²) >= 11 is 0. The molecular weight excluding hydrogens is 186 g/mol. The Hall–Kier alpha value is -1.85. The van der Waals surface area contributed by atoms with Gasteiger partial charge in [-0.2, -0.15) is 0 Å². The Morgan fingerprint density at radius 3 is 2.36 bits per heavy atom. The number of hydrogen-bond donors (Lipinski definition) is 1. The average Bonchev–Trinajstić information content (AvgIpc) is 2.10. The zero-order valence-electron chi connectivity index (χ0n) is 8.20. The number of rotatable bonds is 1. The summed E-state index contributed by atoms with van der Waals surface area (Å²) in [6, 6.07) is 1.20. The fraction of sp³-hybridized carbons (Fsp3) is 0.375. The molecule has 76 valence electrons. The summed E-state index contributed by atoms with van der Waals surface area (Å²) in [5.41, 5.74) is -0.918. The van der Waals surface area contributed by atoms with Crippen molar-refractivity contribution in [2.45, 2.75) is 6.92 Å². The van der Waals surface area contributed by atoms with E-state index >= 15 is 0 Å². The molecule has 0 aliphatic heterocycles. The molecule has 1 heterocycles. The normalized spacial score (nSPS) is 9.93. The van der Waals surface area contributed by atoms with Crippen LogP contribution in [0.4, 0.5) is 5.82 Å². The first-order chi connectivity index (χ1) is 6.43. The van der Waals surface area contributed by atoms with Crippen molar-refractivity contribution in [1.82, 2.24) is 9.13 Å². The van der Waals surface area contributed by atoms with E-state index in [1.165, 1.54) is 31.7 Å². The SMILES string of the molecule is CC(=O)Nc1cc(=O)n(C)c(=O)n1C. The first-order valence-corrected chi connectivity index (χ1v) is 3.98. The number of amides is 1. The molecule has 0 radical (unpaired) electrons. The fourth-order valence-electron chi connectivity index (χ4n) is 1.03. The molecule has 1 aromatic heterocycles. The summed E-state index contributed by atoms with van der Waals surface area (Å²) in [6.45, 7) is 1.31. The van der Waals surface area contributed by atoms with Crippen molar-refractivity contribution in [2.24, 2.45) is 14.1 Å². The molecule has 0 aromatic carbocycles. The van der Waals surface area contributed by atoms with E-state index in [-0.39, 0.29) is 11.7 Å². The third kappa shape index (κ3) is 1.73. The lowest BCUT2D eigenvalue weighted by Gasteiger charge is -2.08. The van der Waals surface area contributed by atoms with E-state index < -0.39 is 11.2 Å². The first kappa shape index (κ1) is 10.2. The van der Waals surface area contributed by atoms with Crippen LogP contribution in [0.15, 0.2) is 15.7 Å². The number of carbonyl (C=O) groups is 1. The molecule has 0 unspecified atom stereocenters. The molecule has 0 saturated carbocycles. The largest absolute Gasteiger partial charge is 0.332 e. The van der Waals surface area contributed by atoms with Crippen molar-refractivity contribution in [3.8, 4) is 0 Å². The van der Waals surface area contributed by atoms with E-state index in [1.54, 1.807) is 0 Å². The minimum absolute atomic E-state index is 0.200. The van der Waals surface area contributed by atoms with Gasteiger partial charge in [-0.15, -0.1) is 0 Å². The lowest BCUT2D eigenvalue weighted by atomic mass is 10.5. The van der Waals surface area contributed by atoms with Gasteiger partial charge in [0.25, 0.3) is 5.56 Å². The third-order valence-electron chi connectivity index (χ3n) is 1.83. The molecule has 1 rings (SSSR count). The van der Waals surface area contributed by atoms with Crippen LogP contribution in [0.25, 0.3) is 0 Å². The second kappa shape index (κ2) is 3.49. The standard InChI is InChI=1S/C8H11N3O3/c1-5(12)9-6-4-7(13)11(3)8(14)10(6)2/h4H,1-3H3,(H,9,12). The fourth-order valence-corrected chi connectivity index (χ4v) is 1.03. The van der Waals surface area contributed by atoms with Crippen LogP contribution in [0.1, 0.15) is 6.92 Å². The molecule has 6 heteroatoms. The highest BCUT2D eigenvalue weighted by atomic mass is 16.2. The van der Waals surface area contributed by atoms with Crippen LogP contribution in [0.5, 0.6) is 0 Å². The van der Waals surface area contributed by atoms with Crippen LogP contribution in [-0.2, 0) is 18.9 Å². The summed E-state index contributed by atoms with van der Waals surface area (Å²) < 4.78 is 2.16. The highest BCUT2D eigenvalue weighted by molar-refractivity contribution is 5.87. The molecule has 0 saturated heterocycles. The summed E-state index contributed by atoms with van der Waals surface area (Å²) in [5, 5.41) is 2.39. The van der Waals surface area contributed by atoms with E-state index in [0.29, 0.717) is 0 Å². The van der Waals surface area contributed by atoms with Gasteiger partial charge in [-0.05, 0) is 0 Å². The summed E-state index contributed by atoms with van der Waals surface area (Å²) in [6.07, 6.45) is 0. The van der Waals surface area contributed by atoms with Crippen LogP contribution in [0, 0.1) is 0 Å². The molecule has 0 aliphatic rings. The topological polar surface area (TPSA) is 73.1 Å². The number of aromatic nitrogens is 2. The Labute approximate surface area is 79.8 Å². The second-order valence-corrected chi connectivity index (χ2v) is 2.95. The van der Waals surface area contributed by atoms with Gasteiger partial charge in [0.2, 0.25) is 5.91 Å². The molecule has 1 N–H and O–H groups in total. The minimum Gasteiger partial charge on any atom is -0.312 e. The van der Waals surface area contributed by atoms with Gasteiger partial charge < -0.3 is 5.32 Å². The van der Waals surface area contributed by atoms with Gasteiger partial charge in [0.15, 0.2) is 0 Å². The summed E-state index contributed by atoms with van der Waals surface area (Å²) in [4.78, 5) is 33.3. The van der Waals surface area contributed by atoms with Gasteiger partial charge in [-0.1, -0.05) is 0 Å². The Bertz CT molecular complexity index is 484. The minimum atomic E-state index is -0.471. The smallest absolute Gasteiger partial charge is 0.312 e. The van der Waals surface area contributed by atoms with Crippen molar-refractivity contribution in [3.05, 3.63) is 26.9 Å². The van der Waals surface area contributed by atoms with Crippen LogP contribution < -0.4 is 16.6 Å². The van der Waals surface area contributed by atoms with Gasteiger partial charge in [-0.3, -0.25) is 18.7 Å². The molecule has 1 aromatic rings. The van der Waals surface area contributed by atoms with Crippen LogP contribution in [0.3, 0.4) is 0 Å². The van der Waals surface area contributed by atoms with E-state index in [1.807, 2.05) is 0 Å². The lowest BCUT2D eigenvalue weighted by molar-refractivity contribution is -0.114. The predicted molar refractivity (Wildman–Crippen MR) is 51.2 cm³/mol. The van der Waals surface area contributed by atoms with Crippen molar-refractivity contribution >= 4 is 11.7 Å². The van der Waals surface area contributed by atoms with Crippen molar-refractivity contribution < 1.29 is 4.79 Å². The molecule has 0 spiro atoms. The van der Waals surface area contributed by atoms with Gasteiger partial charge in [-0.25, -0.2) is 4.79 Å². The Morgan fingerprint density at radius 2 is 1.86 bits per heavy atom. The number of hydrogen-bond acceptors (Lipinski definition) is 3. The maximum Gasteiger partial charge on any atom is 0.332 e. The monoisotopic (exact) mass is 197 g/mol. The lowest BCUT2D eigenvalue weighted by Crippen LogP contribution is -2.37. The van der Waals surface area contributed by atoms with Crippen LogP contribution >= 0.6 is 0 Å².